The Kier molecular flexibility index (Phi) is 21.5. The lowest BCUT2D eigenvalue weighted by Crippen LogP contribution is -2.26. The predicted molar refractivity (Wildman–Crippen MR) is 123 cm³/mol. The number of unbranched alkanes of at least 4 members (excludes halogenated alkanes) is 3. The second kappa shape index (κ2) is 18.8. The van der Waals surface area contributed by atoms with Gasteiger partial charge < -0.3 is 4.74 Å². The van der Waals surface area contributed by atoms with Crippen LogP contribution in [-0.4, -0.2) is 6.61 Å². The topological polar surface area (TPSA) is 9.23 Å². The average Bonchev–Trinajstić information content (AvgIpc) is 2.65. The van der Waals surface area contributed by atoms with Gasteiger partial charge in [0.25, 0.3) is 0 Å². The van der Waals surface area contributed by atoms with Crippen LogP contribution in [0, 0.1) is 5.41 Å². The van der Waals surface area contributed by atoms with Gasteiger partial charge in [0, 0.05) is 5.41 Å². The SMILES string of the molecule is C.C.CCCC.CCCCCc1ccc(OCC(CC)(CC)CC)cc1. The van der Waals surface area contributed by atoms with Crippen molar-refractivity contribution < 1.29 is 4.74 Å². The van der Waals surface area contributed by atoms with Gasteiger partial charge in [0.15, 0.2) is 0 Å². The first-order valence-electron chi connectivity index (χ1n) is 10.3. The molecule has 0 unspecified atom stereocenters. The van der Waals surface area contributed by atoms with Gasteiger partial charge in [-0.05, 0) is 49.8 Å². The smallest absolute Gasteiger partial charge is 0.119 e. The second-order valence-corrected chi connectivity index (χ2v) is 6.95. The van der Waals surface area contributed by atoms with Gasteiger partial charge in [-0.15, -0.1) is 0 Å². The van der Waals surface area contributed by atoms with E-state index in [9.17, 15) is 0 Å². The summed E-state index contributed by atoms with van der Waals surface area (Å²) in [5.74, 6) is 1.02. The first-order valence-corrected chi connectivity index (χ1v) is 10.3. The fourth-order valence-electron chi connectivity index (χ4n) is 2.62. The van der Waals surface area contributed by atoms with Crippen molar-refractivity contribution in [2.75, 3.05) is 6.61 Å². The predicted octanol–water partition coefficient (Wildman–Crippen LogP) is 9.09. The van der Waals surface area contributed by atoms with Crippen molar-refractivity contribution in [3.05, 3.63) is 29.8 Å². The standard InChI is InChI=1S/C19H32O.C4H10.2CH4/c1-5-9-10-11-17-12-14-18(15-13-17)20-16-19(6-2,7-3)8-4;1-3-4-2;;/h12-15H,5-11,16H2,1-4H3;3-4H2,1-2H3;2*1H4. The molecule has 1 rings (SSSR count). The van der Waals surface area contributed by atoms with Crippen LogP contribution in [-0.2, 0) is 6.42 Å². The van der Waals surface area contributed by atoms with E-state index in [2.05, 4.69) is 65.8 Å². The van der Waals surface area contributed by atoms with Gasteiger partial charge in [-0.3, -0.25) is 0 Å². The van der Waals surface area contributed by atoms with E-state index in [0.717, 1.165) is 12.4 Å². The summed E-state index contributed by atoms with van der Waals surface area (Å²) in [6.07, 6.45) is 11.3. The van der Waals surface area contributed by atoms with Crippen molar-refractivity contribution in [3.8, 4) is 5.75 Å². The molecule has 26 heavy (non-hydrogen) atoms. The molecular formula is C25H50O. The van der Waals surface area contributed by atoms with Crippen LogP contribution >= 0.6 is 0 Å². The van der Waals surface area contributed by atoms with Crippen molar-refractivity contribution in [1.29, 1.82) is 0 Å². The molecule has 1 nitrogen and oxygen atoms in total. The van der Waals surface area contributed by atoms with Crippen molar-refractivity contribution in [2.24, 2.45) is 5.41 Å². The molecule has 0 radical (unpaired) electrons. The third-order valence-electron chi connectivity index (χ3n) is 5.29. The molecule has 0 aliphatic carbocycles. The summed E-state index contributed by atoms with van der Waals surface area (Å²) in [6, 6.07) is 8.70. The zero-order chi connectivity index (χ0) is 18.3. The fraction of sp³-hybridized carbons (Fsp3) is 0.760. The van der Waals surface area contributed by atoms with E-state index in [1.807, 2.05) is 0 Å². The summed E-state index contributed by atoms with van der Waals surface area (Å²) in [5.41, 5.74) is 1.78. The van der Waals surface area contributed by atoms with Crippen LogP contribution in [0.4, 0.5) is 0 Å². The van der Waals surface area contributed by atoms with Gasteiger partial charge >= 0.3 is 0 Å². The first-order chi connectivity index (χ1) is 11.6. The normalized spacial score (nSPS) is 10.1. The Morgan fingerprint density at radius 3 is 1.58 bits per heavy atom. The maximum absolute atomic E-state index is 6.02. The van der Waals surface area contributed by atoms with Crippen LogP contribution in [0.5, 0.6) is 5.75 Å². The average molecular weight is 367 g/mol. The highest BCUT2D eigenvalue weighted by Crippen LogP contribution is 2.31. The monoisotopic (exact) mass is 366 g/mol. The van der Waals surface area contributed by atoms with Crippen LogP contribution in [0.1, 0.15) is 113 Å². The molecule has 0 aliphatic rings. The largest absolute Gasteiger partial charge is 0.493 e. The summed E-state index contributed by atoms with van der Waals surface area (Å²) in [5, 5.41) is 0. The Labute approximate surface area is 166 Å². The summed E-state index contributed by atoms with van der Waals surface area (Å²) >= 11 is 0. The molecule has 0 heterocycles. The second-order valence-electron chi connectivity index (χ2n) is 6.95. The molecule has 0 saturated heterocycles. The fourth-order valence-corrected chi connectivity index (χ4v) is 2.62. The van der Waals surface area contributed by atoms with Crippen LogP contribution < -0.4 is 4.74 Å². The Bertz CT molecular complexity index is 365. The summed E-state index contributed by atoms with van der Waals surface area (Å²) in [7, 11) is 0. The van der Waals surface area contributed by atoms with Gasteiger partial charge in [-0.2, -0.15) is 0 Å². The van der Waals surface area contributed by atoms with Crippen molar-refractivity contribution in [3.63, 3.8) is 0 Å². The molecule has 0 amide bonds. The first kappa shape index (κ1) is 29.8. The third kappa shape index (κ3) is 12.4. The summed E-state index contributed by atoms with van der Waals surface area (Å²) in [6.45, 7) is 14.3. The zero-order valence-electron chi connectivity index (χ0n) is 17.3. The Morgan fingerprint density at radius 2 is 1.19 bits per heavy atom. The molecule has 0 saturated carbocycles. The molecule has 0 bridgehead atoms. The molecule has 0 aromatic heterocycles. The molecule has 1 aromatic carbocycles. The van der Waals surface area contributed by atoms with Crippen LogP contribution in [0.15, 0.2) is 24.3 Å². The van der Waals surface area contributed by atoms with E-state index in [-0.39, 0.29) is 14.9 Å². The Balaban J connectivity index is -0.000000798. The third-order valence-corrected chi connectivity index (χ3v) is 5.29. The lowest BCUT2D eigenvalue weighted by molar-refractivity contribution is 0.128. The van der Waals surface area contributed by atoms with Gasteiger partial charge in [0.05, 0.1) is 6.61 Å². The minimum Gasteiger partial charge on any atom is -0.493 e. The number of hydrogen-bond donors (Lipinski definition) is 0. The summed E-state index contributed by atoms with van der Waals surface area (Å²) in [4.78, 5) is 0. The van der Waals surface area contributed by atoms with E-state index >= 15 is 0 Å². The number of rotatable bonds is 11. The highest BCUT2D eigenvalue weighted by Gasteiger charge is 2.24. The van der Waals surface area contributed by atoms with E-state index in [1.54, 1.807) is 0 Å². The lowest BCUT2D eigenvalue weighted by atomic mass is 9.81. The van der Waals surface area contributed by atoms with E-state index in [1.165, 1.54) is 63.4 Å². The molecule has 0 atom stereocenters. The molecule has 156 valence electrons. The highest BCUT2D eigenvalue weighted by molar-refractivity contribution is 5.27. The molecule has 0 aliphatic heterocycles. The van der Waals surface area contributed by atoms with E-state index in [4.69, 9.17) is 4.74 Å². The maximum atomic E-state index is 6.02. The highest BCUT2D eigenvalue weighted by atomic mass is 16.5. The van der Waals surface area contributed by atoms with Gasteiger partial charge in [-0.1, -0.05) is 94.2 Å². The molecule has 0 N–H and O–H groups in total. The summed E-state index contributed by atoms with van der Waals surface area (Å²) < 4.78 is 6.02. The zero-order valence-corrected chi connectivity index (χ0v) is 17.3. The number of benzene rings is 1. The molecular weight excluding hydrogens is 316 g/mol. The van der Waals surface area contributed by atoms with Crippen molar-refractivity contribution in [2.45, 2.75) is 114 Å². The van der Waals surface area contributed by atoms with E-state index in [0.29, 0.717) is 5.41 Å². The van der Waals surface area contributed by atoms with Gasteiger partial charge in [0.1, 0.15) is 5.75 Å². The van der Waals surface area contributed by atoms with Crippen LogP contribution in [0.3, 0.4) is 0 Å². The number of hydrogen-bond acceptors (Lipinski definition) is 1. The Hall–Kier alpha value is -0.980. The molecule has 1 heteroatoms. The molecule has 0 fully saturated rings. The number of ether oxygens (including phenoxy) is 1. The van der Waals surface area contributed by atoms with Gasteiger partial charge in [0.2, 0.25) is 0 Å². The maximum Gasteiger partial charge on any atom is 0.119 e. The van der Waals surface area contributed by atoms with Crippen LogP contribution in [0.2, 0.25) is 0 Å². The quantitative estimate of drug-likeness (QED) is 0.355. The molecule has 0 spiro atoms. The molecule has 1 aromatic rings. The lowest BCUT2D eigenvalue weighted by Gasteiger charge is -2.30. The van der Waals surface area contributed by atoms with Crippen molar-refractivity contribution in [1.82, 2.24) is 0 Å². The van der Waals surface area contributed by atoms with Crippen LogP contribution in [0.25, 0.3) is 0 Å². The number of aryl methyl sites for hydroxylation is 1. The minimum atomic E-state index is 0. The van der Waals surface area contributed by atoms with Gasteiger partial charge in [-0.25, -0.2) is 0 Å². The Morgan fingerprint density at radius 1 is 0.692 bits per heavy atom. The van der Waals surface area contributed by atoms with E-state index < -0.39 is 0 Å². The van der Waals surface area contributed by atoms with Crippen molar-refractivity contribution >= 4 is 0 Å². The minimum absolute atomic E-state index is 0.